The summed E-state index contributed by atoms with van der Waals surface area (Å²) in [6.45, 7) is 4.70. The fraction of sp³-hybridized carbons (Fsp3) is 0.818. The Morgan fingerprint density at radius 3 is 2.73 bits per heavy atom. The Labute approximate surface area is 69.7 Å². The van der Waals surface area contributed by atoms with Gasteiger partial charge in [0.25, 0.3) is 0 Å². The number of rotatable bonds is 2. The van der Waals surface area contributed by atoms with E-state index in [0.29, 0.717) is 0 Å². The molecule has 0 aromatic rings. The molecule has 2 rings (SSSR count). The van der Waals surface area contributed by atoms with Crippen LogP contribution >= 0.6 is 0 Å². The first kappa shape index (κ1) is 7.39. The highest BCUT2D eigenvalue weighted by Crippen LogP contribution is 2.50. The smallest absolute Gasteiger partial charge is 0.0175 e. The highest BCUT2D eigenvalue weighted by molar-refractivity contribution is 5.22. The summed E-state index contributed by atoms with van der Waals surface area (Å²) in [7, 11) is 0. The van der Waals surface area contributed by atoms with Crippen LogP contribution in [-0.4, -0.2) is 0 Å². The molecule has 0 aromatic heterocycles. The second-order valence-electron chi connectivity index (χ2n) is 4.07. The molecule has 3 atom stereocenters. The molecule has 0 nitrogen and oxygen atoms in total. The molecule has 1 saturated carbocycles. The Hall–Kier alpha value is -0.260. The highest BCUT2D eigenvalue weighted by Gasteiger charge is 2.39. The average molecular weight is 150 g/mol. The van der Waals surface area contributed by atoms with Gasteiger partial charge in [-0.3, -0.25) is 0 Å². The van der Waals surface area contributed by atoms with Gasteiger partial charge in [0, 0.05) is 0 Å². The quantitative estimate of drug-likeness (QED) is 0.529. The van der Waals surface area contributed by atoms with E-state index < -0.39 is 0 Å². The minimum Gasteiger partial charge on any atom is -0.0847 e. The Morgan fingerprint density at radius 1 is 1.36 bits per heavy atom. The van der Waals surface area contributed by atoms with Crippen LogP contribution in [0.15, 0.2) is 11.6 Å². The van der Waals surface area contributed by atoms with Crippen LogP contribution in [-0.2, 0) is 0 Å². The van der Waals surface area contributed by atoms with Gasteiger partial charge < -0.3 is 0 Å². The van der Waals surface area contributed by atoms with E-state index in [9.17, 15) is 0 Å². The fourth-order valence-electron chi connectivity index (χ4n) is 3.19. The monoisotopic (exact) mass is 150 g/mol. The first-order chi connectivity index (χ1) is 5.36. The van der Waals surface area contributed by atoms with Crippen molar-refractivity contribution in [1.29, 1.82) is 0 Å². The molecule has 62 valence electrons. The minimum absolute atomic E-state index is 0.971. The number of fused-ring (bicyclic) bond motifs is 2. The summed E-state index contributed by atoms with van der Waals surface area (Å²) >= 11 is 0. The maximum absolute atomic E-state index is 2.50. The lowest BCUT2D eigenvalue weighted by Crippen LogP contribution is -2.16. The van der Waals surface area contributed by atoms with Crippen LogP contribution in [0.1, 0.15) is 39.5 Å². The third-order valence-electron chi connectivity index (χ3n) is 3.69. The van der Waals surface area contributed by atoms with Crippen molar-refractivity contribution in [3.63, 3.8) is 0 Å². The number of hydrogen-bond donors (Lipinski definition) is 0. The van der Waals surface area contributed by atoms with E-state index >= 15 is 0 Å². The molecule has 0 aliphatic heterocycles. The van der Waals surface area contributed by atoms with Crippen molar-refractivity contribution in [3.05, 3.63) is 11.6 Å². The Morgan fingerprint density at radius 2 is 2.18 bits per heavy atom. The lowest BCUT2D eigenvalue weighted by molar-refractivity contribution is 0.297. The molecule has 0 radical (unpaired) electrons. The number of allylic oxidation sites excluding steroid dienone is 2. The van der Waals surface area contributed by atoms with E-state index in [-0.39, 0.29) is 0 Å². The van der Waals surface area contributed by atoms with Gasteiger partial charge in [0.15, 0.2) is 0 Å². The standard InChI is InChI=1S/C11H18/c1-3-10-8-5-6-9(7-8)11(10)4-2/h5,9-11H,3-4,6-7H2,1-2H3. The van der Waals surface area contributed by atoms with Gasteiger partial charge in [-0.05, 0) is 37.0 Å². The summed E-state index contributed by atoms with van der Waals surface area (Å²) in [5.41, 5.74) is 1.80. The first-order valence-electron chi connectivity index (χ1n) is 5.05. The fourth-order valence-corrected chi connectivity index (χ4v) is 3.19. The van der Waals surface area contributed by atoms with Crippen LogP contribution in [0.4, 0.5) is 0 Å². The second kappa shape index (κ2) is 2.66. The van der Waals surface area contributed by atoms with Crippen molar-refractivity contribution >= 4 is 0 Å². The van der Waals surface area contributed by atoms with E-state index in [4.69, 9.17) is 0 Å². The summed E-state index contributed by atoms with van der Waals surface area (Å²) in [5.74, 6) is 3.05. The molecule has 0 amide bonds. The topological polar surface area (TPSA) is 0 Å². The lowest BCUT2D eigenvalue weighted by Gasteiger charge is -2.24. The highest BCUT2D eigenvalue weighted by atomic mass is 14.4. The zero-order chi connectivity index (χ0) is 7.84. The van der Waals surface area contributed by atoms with E-state index in [1.54, 1.807) is 5.57 Å². The number of hydrogen-bond acceptors (Lipinski definition) is 0. The maximum atomic E-state index is 2.50. The van der Waals surface area contributed by atoms with Gasteiger partial charge in [0.2, 0.25) is 0 Å². The van der Waals surface area contributed by atoms with Crippen LogP contribution < -0.4 is 0 Å². The van der Waals surface area contributed by atoms with Crippen LogP contribution in [0.3, 0.4) is 0 Å². The molecule has 0 aromatic carbocycles. The zero-order valence-electron chi connectivity index (χ0n) is 7.64. The van der Waals surface area contributed by atoms with Crippen molar-refractivity contribution in [1.82, 2.24) is 0 Å². The van der Waals surface area contributed by atoms with Crippen molar-refractivity contribution in [2.24, 2.45) is 17.8 Å². The first-order valence-corrected chi connectivity index (χ1v) is 5.05. The van der Waals surface area contributed by atoms with Crippen molar-refractivity contribution in [2.75, 3.05) is 0 Å². The minimum atomic E-state index is 0.971. The largest absolute Gasteiger partial charge is 0.0847 e. The Kier molecular flexibility index (Phi) is 1.78. The summed E-state index contributed by atoms with van der Waals surface area (Å²) in [6.07, 6.45) is 8.12. The molecule has 2 bridgehead atoms. The van der Waals surface area contributed by atoms with E-state index in [1.165, 1.54) is 25.7 Å². The summed E-state index contributed by atoms with van der Waals surface area (Å²) in [4.78, 5) is 0. The SMILES string of the molecule is CCC1C2=CCC(C2)C1CC. The molecule has 0 N–H and O–H groups in total. The van der Waals surface area contributed by atoms with Gasteiger partial charge in [-0.1, -0.05) is 31.9 Å². The maximum Gasteiger partial charge on any atom is -0.0175 e. The molecule has 0 heteroatoms. The molecule has 0 spiro atoms. The van der Waals surface area contributed by atoms with Crippen LogP contribution in [0.25, 0.3) is 0 Å². The van der Waals surface area contributed by atoms with Crippen LogP contribution in [0.5, 0.6) is 0 Å². The van der Waals surface area contributed by atoms with E-state index in [0.717, 1.165) is 17.8 Å². The molecule has 3 unspecified atom stereocenters. The third-order valence-corrected chi connectivity index (χ3v) is 3.69. The van der Waals surface area contributed by atoms with Crippen LogP contribution in [0, 0.1) is 17.8 Å². The predicted molar refractivity (Wildman–Crippen MR) is 48.4 cm³/mol. The normalized spacial score (nSPS) is 41.3. The molecular formula is C11H18. The predicted octanol–water partition coefficient (Wildman–Crippen LogP) is 3.39. The summed E-state index contributed by atoms with van der Waals surface area (Å²) in [6, 6.07) is 0. The molecule has 0 saturated heterocycles. The Balaban J connectivity index is 2.17. The summed E-state index contributed by atoms with van der Waals surface area (Å²) < 4.78 is 0. The van der Waals surface area contributed by atoms with E-state index in [2.05, 4.69) is 19.9 Å². The average Bonchev–Trinajstić information content (AvgIpc) is 2.60. The molecule has 2 aliphatic rings. The van der Waals surface area contributed by atoms with Gasteiger partial charge in [-0.15, -0.1) is 0 Å². The van der Waals surface area contributed by atoms with Crippen molar-refractivity contribution in [2.45, 2.75) is 39.5 Å². The van der Waals surface area contributed by atoms with Crippen molar-refractivity contribution in [3.8, 4) is 0 Å². The van der Waals surface area contributed by atoms with Crippen LogP contribution in [0.2, 0.25) is 0 Å². The molecule has 11 heavy (non-hydrogen) atoms. The Bertz CT molecular complexity index is 178. The zero-order valence-corrected chi connectivity index (χ0v) is 7.64. The van der Waals surface area contributed by atoms with Gasteiger partial charge in [0.05, 0.1) is 0 Å². The van der Waals surface area contributed by atoms with E-state index in [1.807, 2.05) is 0 Å². The summed E-state index contributed by atoms with van der Waals surface area (Å²) in [5, 5.41) is 0. The second-order valence-corrected chi connectivity index (χ2v) is 4.07. The van der Waals surface area contributed by atoms with Gasteiger partial charge >= 0.3 is 0 Å². The van der Waals surface area contributed by atoms with Gasteiger partial charge in [0.1, 0.15) is 0 Å². The van der Waals surface area contributed by atoms with Gasteiger partial charge in [-0.25, -0.2) is 0 Å². The molecular weight excluding hydrogens is 132 g/mol. The van der Waals surface area contributed by atoms with Crippen molar-refractivity contribution < 1.29 is 0 Å². The molecule has 1 fully saturated rings. The lowest BCUT2D eigenvalue weighted by atomic mass is 9.80. The molecule has 2 aliphatic carbocycles. The van der Waals surface area contributed by atoms with Gasteiger partial charge in [-0.2, -0.15) is 0 Å². The third kappa shape index (κ3) is 0.953. The molecule has 0 heterocycles.